The minimum Gasteiger partial charge on any atom is -0.355 e. The van der Waals surface area contributed by atoms with E-state index in [0.717, 1.165) is 19.4 Å². The van der Waals surface area contributed by atoms with Crippen molar-refractivity contribution in [2.24, 2.45) is 7.05 Å². The third kappa shape index (κ3) is 1.34. The molecule has 1 aliphatic carbocycles. The van der Waals surface area contributed by atoms with Crippen molar-refractivity contribution in [3.8, 4) is 0 Å². The van der Waals surface area contributed by atoms with Gasteiger partial charge < -0.3 is 5.32 Å². The number of aromatic nitrogens is 3. The van der Waals surface area contributed by atoms with Crippen LogP contribution in [0.25, 0.3) is 0 Å². The molecular formula is C8H14N4O. The highest BCUT2D eigenvalue weighted by Crippen LogP contribution is 2.35. The first-order chi connectivity index (χ1) is 6.24. The number of aryl methyl sites for hydroxylation is 1. The molecule has 0 atom stereocenters. The Labute approximate surface area is 76.4 Å². The van der Waals surface area contributed by atoms with Crippen molar-refractivity contribution in [3.05, 3.63) is 10.5 Å². The molecule has 1 N–H and O–H groups in total. The zero-order valence-electron chi connectivity index (χ0n) is 7.95. The van der Waals surface area contributed by atoms with Gasteiger partial charge in [0.25, 0.3) is 0 Å². The highest BCUT2D eigenvalue weighted by atomic mass is 16.2. The topological polar surface area (TPSA) is 51.9 Å². The number of hydrogen-bond donors (Lipinski definition) is 1. The van der Waals surface area contributed by atoms with E-state index in [1.165, 1.54) is 4.68 Å². The summed E-state index contributed by atoms with van der Waals surface area (Å²) in [5.41, 5.74) is -0.0153. The Bertz CT molecular complexity index is 361. The SMILES string of the molecule is CCNc1nn(C)c(=O)n1C1CC1. The number of nitrogens with one attached hydrogen (secondary N) is 1. The minimum atomic E-state index is -0.0153. The second kappa shape index (κ2) is 2.90. The average molecular weight is 182 g/mol. The summed E-state index contributed by atoms with van der Waals surface area (Å²) in [7, 11) is 1.68. The largest absolute Gasteiger partial charge is 0.355 e. The summed E-state index contributed by atoms with van der Waals surface area (Å²) in [5.74, 6) is 0.706. The molecule has 5 heteroatoms. The van der Waals surface area contributed by atoms with Crippen LogP contribution in [0.15, 0.2) is 4.79 Å². The van der Waals surface area contributed by atoms with Crippen molar-refractivity contribution in [2.75, 3.05) is 11.9 Å². The molecule has 0 amide bonds. The van der Waals surface area contributed by atoms with Gasteiger partial charge in [0.15, 0.2) is 0 Å². The first-order valence-electron chi connectivity index (χ1n) is 4.63. The zero-order chi connectivity index (χ0) is 9.42. The normalized spacial score (nSPS) is 16.2. The average Bonchev–Trinajstić information content (AvgIpc) is 2.85. The Morgan fingerprint density at radius 3 is 2.85 bits per heavy atom. The maximum atomic E-state index is 11.6. The standard InChI is InChI=1S/C8H14N4O/c1-3-9-7-10-11(2)8(13)12(7)6-4-5-6/h6H,3-5H2,1-2H3,(H,9,10). The molecule has 0 unspecified atom stereocenters. The molecule has 0 spiro atoms. The summed E-state index contributed by atoms with van der Waals surface area (Å²) in [5, 5.41) is 7.21. The fraction of sp³-hybridized carbons (Fsp3) is 0.750. The summed E-state index contributed by atoms with van der Waals surface area (Å²) in [6.45, 7) is 2.79. The lowest BCUT2D eigenvalue weighted by molar-refractivity contribution is 0.667. The molecule has 13 heavy (non-hydrogen) atoms. The summed E-state index contributed by atoms with van der Waals surface area (Å²) in [4.78, 5) is 11.6. The van der Waals surface area contributed by atoms with E-state index in [2.05, 4.69) is 10.4 Å². The predicted molar refractivity (Wildman–Crippen MR) is 49.9 cm³/mol. The molecule has 0 radical (unpaired) electrons. The lowest BCUT2D eigenvalue weighted by Crippen LogP contribution is -2.22. The lowest BCUT2D eigenvalue weighted by Gasteiger charge is -2.02. The molecule has 5 nitrogen and oxygen atoms in total. The van der Waals surface area contributed by atoms with E-state index < -0.39 is 0 Å². The Balaban J connectivity index is 2.42. The van der Waals surface area contributed by atoms with Crippen LogP contribution in [0.4, 0.5) is 5.95 Å². The monoisotopic (exact) mass is 182 g/mol. The molecule has 72 valence electrons. The Kier molecular flexibility index (Phi) is 1.86. The Morgan fingerprint density at radius 2 is 2.31 bits per heavy atom. The van der Waals surface area contributed by atoms with Crippen molar-refractivity contribution in [3.63, 3.8) is 0 Å². The molecule has 0 saturated heterocycles. The van der Waals surface area contributed by atoms with Crippen molar-refractivity contribution >= 4 is 5.95 Å². The van der Waals surface area contributed by atoms with E-state index in [1.807, 2.05) is 6.92 Å². The summed E-state index contributed by atoms with van der Waals surface area (Å²) in [6.07, 6.45) is 2.20. The van der Waals surface area contributed by atoms with Crippen LogP contribution in [-0.4, -0.2) is 20.9 Å². The highest BCUT2D eigenvalue weighted by Gasteiger charge is 2.29. The Hall–Kier alpha value is -1.26. The molecule has 0 aliphatic heterocycles. The van der Waals surface area contributed by atoms with Crippen LogP contribution in [0.1, 0.15) is 25.8 Å². The molecule has 0 bridgehead atoms. The maximum absolute atomic E-state index is 11.6. The van der Waals surface area contributed by atoms with Gasteiger partial charge in [-0.15, -0.1) is 5.10 Å². The third-order valence-electron chi connectivity index (χ3n) is 2.20. The lowest BCUT2D eigenvalue weighted by atomic mass is 10.6. The van der Waals surface area contributed by atoms with Gasteiger partial charge in [0.1, 0.15) is 0 Å². The molecule has 0 aromatic carbocycles. The van der Waals surface area contributed by atoms with Crippen LogP contribution < -0.4 is 11.0 Å². The third-order valence-corrected chi connectivity index (χ3v) is 2.20. The van der Waals surface area contributed by atoms with Crippen molar-refractivity contribution in [1.29, 1.82) is 0 Å². The zero-order valence-corrected chi connectivity index (χ0v) is 7.95. The molecule has 1 fully saturated rings. The number of rotatable bonds is 3. The van der Waals surface area contributed by atoms with E-state index >= 15 is 0 Å². The number of nitrogens with zero attached hydrogens (tertiary/aromatic N) is 3. The van der Waals surface area contributed by atoms with E-state index in [1.54, 1.807) is 11.6 Å². The Morgan fingerprint density at radius 1 is 1.62 bits per heavy atom. The van der Waals surface area contributed by atoms with E-state index in [4.69, 9.17) is 0 Å². The maximum Gasteiger partial charge on any atom is 0.347 e. The van der Waals surface area contributed by atoms with Crippen LogP contribution in [0.3, 0.4) is 0 Å². The van der Waals surface area contributed by atoms with E-state index in [9.17, 15) is 4.79 Å². The molecule has 1 aromatic rings. The van der Waals surface area contributed by atoms with Crippen molar-refractivity contribution < 1.29 is 0 Å². The smallest absolute Gasteiger partial charge is 0.347 e. The molecule has 1 heterocycles. The first kappa shape index (κ1) is 8.34. The summed E-state index contributed by atoms with van der Waals surface area (Å²) in [6, 6.07) is 0.384. The molecule has 1 aromatic heterocycles. The summed E-state index contributed by atoms with van der Waals surface area (Å²) >= 11 is 0. The molecular weight excluding hydrogens is 168 g/mol. The van der Waals surface area contributed by atoms with Gasteiger partial charge in [0.2, 0.25) is 5.95 Å². The summed E-state index contributed by atoms with van der Waals surface area (Å²) < 4.78 is 3.14. The van der Waals surface area contributed by atoms with E-state index in [0.29, 0.717) is 12.0 Å². The van der Waals surface area contributed by atoms with Crippen molar-refractivity contribution in [1.82, 2.24) is 14.3 Å². The first-order valence-corrected chi connectivity index (χ1v) is 4.63. The van der Waals surface area contributed by atoms with Crippen molar-refractivity contribution in [2.45, 2.75) is 25.8 Å². The van der Waals surface area contributed by atoms with Gasteiger partial charge in [0, 0.05) is 19.6 Å². The second-order valence-corrected chi connectivity index (χ2v) is 3.36. The molecule has 2 rings (SSSR count). The fourth-order valence-electron chi connectivity index (χ4n) is 1.42. The van der Waals surface area contributed by atoms with E-state index in [-0.39, 0.29) is 5.69 Å². The van der Waals surface area contributed by atoms with Gasteiger partial charge in [-0.3, -0.25) is 4.57 Å². The van der Waals surface area contributed by atoms with Gasteiger partial charge in [0.05, 0.1) is 0 Å². The minimum absolute atomic E-state index is 0.0153. The van der Waals surface area contributed by atoms with Crippen LogP contribution in [0, 0.1) is 0 Å². The highest BCUT2D eigenvalue weighted by molar-refractivity contribution is 5.25. The number of anilines is 1. The molecule has 1 saturated carbocycles. The molecule has 1 aliphatic rings. The van der Waals surface area contributed by atoms with Crippen LogP contribution in [0.2, 0.25) is 0 Å². The van der Waals surface area contributed by atoms with Gasteiger partial charge in [-0.25, -0.2) is 9.48 Å². The van der Waals surface area contributed by atoms with Crippen LogP contribution in [-0.2, 0) is 7.05 Å². The fourth-order valence-corrected chi connectivity index (χ4v) is 1.42. The van der Waals surface area contributed by atoms with Gasteiger partial charge in [-0.2, -0.15) is 0 Å². The van der Waals surface area contributed by atoms with Crippen LogP contribution in [0.5, 0.6) is 0 Å². The van der Waals surface area contributed by atoms with Gasteiger partial charge >= 0.3 is 5.69 Å². The second-order valence-electron chi connectivity index (χ2n) is 3.36. The number of hydrogen-bond acceptors (Lipinski definition) is 3. The van der Waals surface area contributed by atoms with Crippen LogP contribution >= 0.6 is 0 Å². The quantitative estimate of drug-likeness (QED) is 0.733. The van der Waals surface area contributed by atoms with Gasteiger partial charge in [-0.05, 0) is 19.8 Å². The predicted octanol–water partition coefficient (Wildman–Crippen LogP) is 0.348. The van der Waals surface area contributed by atoms with Gasteiger partial charge in [-0.1, -0.05) is 0 Å².